The van der Waals surface area contributed by atoms with Gasteiger partial charge in [-0.3, -0.25) is 4.90 Å². The van der Waals surface area contributed by atoms with E-state index in [0.29, 0.717) is 0 Å². The third-order valence-electron chi connectivity index (χ3n) is 2.86. The van der Waals surface area contributed by atoms with Crippen LogP contribution in [0.15, 0.2) is 16.6 Å². The molecule has 0 aromatic heterocycles. The zero-order valence-electron chi connectivity index (χ0n) is 8.91. The first kappa shape index (κ1) is 12.9. The average molecular weight is 308 g/mol. The van der Waals surface area contributed by atoms with Gasteiger partial charge in [-0.1, -0.05) is 0 Å². The number of benzene rings is 1. The summed E-state index contributed by atoms with van der Waals surface area (Å²) in [5.41, 5.74) is -0.0549. The summed E-state index contributed by atoms with van der Waals surface area (Å²) in [5.74, 6) is -1.26. The lowest BCUT2D eigenvalue weighted by Gasteiger charge is -2.16. The van der Waals surface area contributed by atoms with Gasteiger partial charge in [0.15, 0.2) is 0 Å². The Hall–Kier alpha value is -0.560. The lowest BCUT2D eigenvalue weighted by Crippen LogP contribution is -2.22. The van der Waals surface area contributed by atoms with Crippen LogP contribution in [0.3, 0.4) is 0 Å². The first-order valence-corrected chi connectivity index (χ1v) is 5.99. The Morgan fingerprint density at radius 1 is 1.24 bits per heavy atom. The van der Waals surface area contributed by atoms with Crippen LogP contribution in [0.4, 0.5) is 8.78 Å². The molecule has 0 spiro atoms. The summed E-state index contributed by atoms with van der Waals surface area (Å²) in [5, 5.41) is 18.7. The van der Waals surface area contributed by atoms with Gasteiger partial charge in [-0.25, -0.2) is 8.78 Å². The molecule has 6 heteroatoms. The topological polar surface area (TPSA) is 43.7 Å². The van der Waals surface area contributed by atoms with E-state index in [1.165, 1.54) is 12.1 Å². The van der Waals surface area contributed by atoms with E-state index in [9.17, 15) is 19.0 Å². The molecule has 2 atom stereocenters. The molecule has 0 amide bonds. The number of aliphatic hydroxyl groups excluding tert-OH is 2. The minimum Gasteiger partial charge on any atom is -0.389 e. The van der Waals surface area contributed by atoms with Gasteiger partial charge < -0.3 is 10.2 Å². The Labute approximate surface area is 106 Å². The highest BCUT2D eigenvalue weighted by Crippen LogP contribution is 2.24. The smallest absolute Gasteiger partial charge is 0.144 e. The number of likely N-dealkylation sites (tertiary alicyclic amines) is 1. The second kappa shape index (κ2) is 4.97. The predicted octanol–water partition coefficient (Wildman–Crippen LogP) is 1.26. The molecule has 0 saturated carbocycles. The maximum Gasteiger partial charge on any atom is 0.144 e. The second-order valence-electron chi connectivity index (χ2n) is 4.15. The van der Waals surface area contributed by atoms with Crippen LogP contribution in [0.1, 0.15) is 5.56 Å². The molecule has 1 heterocycles. The fourth-order valence-corrected chi connectivity index (χ4v) is 2.29. The van der Waals surface area contributed by atoms with Crippen LogP contribution in [-0.4, -0.2) is 40.4 Å². The summed E-state index contributed by atoms with van der Waals surface area (Å²) in [6, 6.07) is 2.49. The molecule has 2 N–H and O–H groups in total. The molecule has 2 unspecified atom stereocenters. The van der Waals surface area contributed by atoms with Gasteiger partial charge in [0.2, 0.25) is 0 Å². The summed E-state index contributed by atoms with van der Waals surface area (Å²) in [7, 11) is 0. The van der Waals surface area contributed by atoms with E-state index in [1.54, 1.807) is 4.90 Å². The summed E-state index contributed by atoms with van der Waals surface area (Å²) in [6.07, 6.45) is -1.71. The SMILES string of the molecule is OC1CN(Cc2c(F)ccc(Br)c2F)CC1O. The number of rotatable bonds is 2. The maximum atomic E-state index is 13.7. The Balaban J connectivity index is 2.17. The normalized spacial score (nSPS) is 25.5. The Bertz CT molecular complexity index is 420. The quantitative estimate of drug-likeness (QED) is 0.809. The monoisotopic (exact) mass is 307 g/mol. The Kier molecular flexibility index (Phi) is 3.77. The van der Waals surface area contributed by atoms with Gasteiger partial charge >= 0.3 is 0 Å². The summed E-state index contributed by atoms with van der Waals surface area (Å²) >= 11 is 2.99. The summed E-state index contributed by atoms with van der Waals surface area (Å²) < 4.78 is 27.3. The molecule has 94 valence electrons. The first-order chi connectivity index (χ1) is 7.99. The molecular weight excluding hydrogens is 296 g/mol. The highest BCUT2D eigenvalue weighted by atomic mass is 79.9. The zero-order chi connectivity index (χ0) is 12.6. The minimum absolute atomic E-state index is 0.0330. The minimum atomic E-state index is -0.853. The van der Waals surface area contributed by atoms with Crippen molar-refractivity contribution in [2.45, 2.75) is 18.8 Å². The van der Waals surface area contributed by atoms with E-state index in [-0.39, 0.29) is 29.7 Å². The number of hydrogen-bond donors (Lipinski definition) is 2. The average Bonchev–Trinajstić information content (AvgIpc) is 2.59. The van der Waals surface area contributed by atoms with Gasteiger partial charge in [-0.2, -0.15) is 0 Å². The van der Waals surface area contributed by atoms with Crippen molar-refractivity contribution >= 4 is 15.9 Å². The summed E-state index contributed by atoms with van der Waals surface area (Å²) in [6.45, 7) is 0.463. The fraction of sp³-hybridized carbons (Fsp3) is 0.455. The van der Waals surface area contributed by atoms with Gasteiger partial charge in [-0.15, -0.1) is 0 Å². The van der Waals surface area contributed by atoms with Gasteiger partial charge in [0, 0.05) is 25.2 Å². The van der Waals surface area contributed by atoms with Crippen LogP contribution in [0.25, 0.3) is 0 Å². The number of β-amino-alcohol motifs (C(OH)–C–C–N with tert-alkyl or cyclic N) is 2. The number of nitrogens with zero attached hydrogens (tertiary/aromatic N) is 1. The number of hydrogen-bond acceptors (Lipinski definition) is 3. The largest absolute Gasteiger partial charge is 0.389 e. The van der Waals surface area contributed by atoms with Crippen molar-refractivity contribution in [3.63, 3.8) is 0 Å². The second-order valence-corrected chi connectivity index (χ2v) is 5.00. The van der Waals surface area contributed by atoms with Crippen molar-refractivity contribution in [2.24, 2.45) is 0 Å². The number of aliphatic hydroxyl groups is 2. The molecule has 2 rings (SSSR count). The third kappa shape index (κ3) is 2.65. The lowest BCUT2D eigenvalue weighted by molar-refractivity contribution is 0.0572. The van der Waals surface area contributed by atoms with Crippen LogP contribution in [0, 0.1) is 11.6 Å². The standard InChI is InChI=1S/C11H12BrF2NO2/c12-7-1-2-8(13)6(11(7)14)3-15-4-9(16)10(17)5-15/h1-2,9-10,16-17H,3-5H2. The maximum absolute atomic E-state index is 13.7. The molecule has 3 nitrogen and oxygen atoms in total. The molecule has 1 aromatic carbocycles. The van der Waals surface area contributed by atoms with Crippen LogP contribution in [-0.2, 0) is 6.54 Å². The van der Waals surface area contributed by atoms with Crippen molar-refractivity contribution in [1.29, 1.82) is 0 Å². The van der Waals surface area contributed by atoms with Crippen molar-refractivity contribution in [2.75, 3.05) is 13.1 Å². The molecule has 1 aliphatic rings. The number of halogens is 3. The van der Waals surface area contributed by atoms with Crippen LogP contribution >= 0.6 is 15.9 Å². The van der Waals surface area contributed by atoms with Crippen LogP contribution in [0.5, 0.6) is 0 Å². The molecule has 17 heavy (non-hydrogen) atoms. The van der Waals surface area contributed by atoms with Crippen molar-refractivity contribution in [3.05, 3.63) is 33.8 Å². The predicted molar refractivity (Wildman–Crippen MR) is 61.3 cm³/mol. The Morgan fingerprint density at radius 3 is 2.41 bits per heavy atom. The molecule has 0 aliphatic carbocycles. The lowest BCUT2D eigenvalue weighted by atomic mass is 10.2. The van der Waals surface area contributed by atoms with E-state index in [2.05, 4.69) is 15.9 Å². The molecule has 1 fully saturated rings. The molecule has 0 radical (unpaired) electrons. The molecular formula is C11H12BrF2NO2. The molecule has 0 bridgehead atoms. The highest BCUT2D eigenvalue weighted by Gasteiger charge is 2.30. The van der Waals surface area contributed by atoms with E-state index in [0.717, 1.165) is 0 Å². The zero-order valence-corrected chi connectivity index (χ0v) is 10.5. The van der Waals surface area contributed by atoms with E-state index in [1.807, 2.05) is 0 Å². The van der Waals surface area contributed by atoms with Gasteiger partial charge in [0.1, 0.15) is 11.6 Å². The summed E-state index contributed by atoms with van der Waals surface area (Å²) in [4.78, 5) is 1.61. The third-order valence-corrected chi connectivity index (χ3v) is 3.47. The van der Waals surface area contributed by atoms with Crippen molar-refractivity contribution in [3.8, 4) is 0 Å². The highest BCUT2D eigenvalue weighted by molar-refractivity contribution is 9.10. The molecule has 1 aromatic rings. The Morgan fingerprint density at radius 2 is 1.82 bits per heavy atom. The molecule has 1 aliphatic heterocycles. The van der Waals surface area contributed by atoms with Crippen molar-refractivity contribution in [1.82, 2.24) is 4.90 Å². The van der Waals surface area contributed by atoms with E-state index < -0.39 is 23.8 Å². The van der Waals surface area contributed by atoms with Gasteiger partial charge in [0.25, 0.3) is 0 Å². The first-order valence-electron chi connectivity index (χ1n) is 5.20. The molecule has 1 saturated heterocycles. The van der Waals surface area contributed by atoms with Crippen LogP contribution in [0.2, 0.25) is 0 Å². The van der Waals surface area contributed by atoms with E-state index >= 15 is 0 Å². The van der Waals surface area contributed by atoms with Crippen LogP contribution < -0.4 is 0 Å². The fourth-order valence-electron chi connectivity index (χ4n) is 1.91. The van der Waals surface area contributed by atoms with Crippen molar-refractivity contribution < 1.29 is 19.0 Å². The van der Waals surface area contributed by atoms with Gasteiger partial charge in [-0.05, 0) is 28.1 Å². The van der Waals surface area contributed by atoms with E-state index in [4.69, 9.17) is 0 Å². The van der Waals surface area contributed by atoms with Gasteiger partial charge in [0.05, 0.1) is 16.7 Å².